The summed E-state index contributed by atoms with van der Waals surface area (Å²) >= 11 is 0. The quantitative estimate of drug-likeness (QED) is 0.805. The molecule has 0 unspecified atom stereocenters. The fraction of sp³-hybridized carbons (Fsp3) is 0.850. The summed E-state index contributed by atoms with van der Waals surface area (Å²) in [5, 5.41) is 3.07. The molecule has 0 aromatic carbocycles. The molecule has 4 aliphatic carbocycles. The molecule has 0 spiro atoms. The van der Waals surface area contributed by atoms with Crippen molar-refractivity contribution in [2.45, 2.75) is 51.6 Å². The number of morpholine rings is 1. The second kappa shape index (κ2) is 6.45. The smallest absolute Gasteiger partial charge is 0.244 e. The normalized spacial score (nSPS) is 42.3. The molecule has 134 valence electrons. The number of nitrogens with zero attached hydrogens (tertiary/aromatic N) is 1. The van der Waals surface area contributed by atoms with Gasteiger partial charge in [-0.1, -0.05) is 5.57 Å². The van der Waals surface area contributed by atoms with Gasteiger partial charge in [0.15, 0.2) is 0 Å². The zero-order valence-corrected chi connectivity index (χ0v) is 15.2. The van der Waals surface area contributed by atoms with Crippen LogP contribution in [0.1, 0.15) is 45.4 Å². The fourth-order valence-electron chi connectivity index (χ4n) is 6.20. The number of amides is 1. The highest BCUT2D eigenvalue weighted by atomic mass is 16.5. The van der Waals surface area contributed by atoms with E-state index in [9.17, 15) is 4.79 Å². The molecule has 4 heteroatoms. The van der Waals surface area contributed by atoms with Crippen LogP contribution < -0.4 is 5.32 Å². The van der Waals surface area contributed by atoms with Gasteiger partial charge in [-0.05, 0) is 75.7 Å². The van der Waals surface area contributed by atoms with Crippen LogP contribution >= 0.6 is 0 Å². The van der Waals surface area contributed by atoms with Crippen molar-refractivity contribution >= 4 is 5.91 Å². The molecule has 5 rings (SSSR count). The molecule has 4 bridgehead atoms. The van der Waals surface area contributed by atoms with E-state index in [0.717, 1.165) is 37.5 Å². The topological polar surface area (TPSA) is 41.6 Å². The second-order valence-corrected chi connectivity index (χ2v) is 9.03. The van der Waals surface area contributed by atoms with Gasteiger partial charge in [-0.25, -0.2) is 0 Å². The number of nitrogens with one attached hydrogen (secondary N) is 1. The van der Waals surface area contributed by atoms with Crippen LogP contribution in [0.25, 0.3) is 0 Å². The van der Waals surface area contributed by atoms with Gasteiger partial charge in [0.1, 0.15) is 0 Å². The van der Waals surface area contributed by atoms with Crippen LogP contribution in [0.4, 0.5) is 0 Å². The molecule has 4 saturated carbocycles. The number of hydrogen-bond acceptors (Lipinski definition) is 3. The molecule has 4 nitrogen and oxygen atoms in total. The minimum Gasteiger partial charge on any atom is -0.374 e. The summed E-state index contributed by atoms with van der Waals surface area (Å²) in [4.78, 5) is 14.7. The van der Waals surface area contributed by atoms with Crippen molar-refractivity contribution in [3.63, 3.8) is 0 Å². The lowest BCUT2D eigenvalue weighted by atomic mass is 9.48. The Bertz CT molecular complexity index is 492. The standard InChI is InChI=1S/C20H32N2O2/c1-14(5-19(23)21-12-18-13-22(2)3-4-24-18)20-9-15-6-16(10-20)8-17(7-15)11-20/h5,15-18H,3-4,6-13H2,1-2H3,(H,21,23)/b14-5+/t15?,16?,17?,18-,20?/m0/s1. The van der Waals surface area contributed by atoms with Gasteiger partial charge in [0.25, 0.3) is 0 Å². The predicted octanol–water partition coefficient (Wildman–Crippen LogP) is 2.60. The number of ether oxygens (including phenoxy) is 1. The van der Waals surface area contributed by atoms with E-state index in [1.807, 2.05) is 6.08 Å². The summed E-state index contributed by atoms with van der Waals surface area (Å²) in [6.45, 7) is 5.47. The molecule has 1 atom stereocenters. The molecule has 1 heterocycles. The predicted molar refractivity (Wildman–Crippen MR) is 94.6 cm³/mol. The Morgan fingerprint density at radius 1 is 1.21 bits per heavy atom. The van der Waals surface area contributed by atoms with Gasteiger partial charge in [-0.2, -0.15) is 0 Å². The maximum atomic E-state index is 12.4. The third-order valence-electron chi connectivity index (χ3n) is 7.07. The summed E-state index contributed by atoms with van der Waals surface area (Å²) in [5.41, 5.74) is 1.67. The van der Waals surface area contributed by atoms with Crippen LogP contribution in [0.5, 0.6) is 0 Å². The largest absolute Gasteiger partial charge is 0.374 e. The number of likely N-dealkylation sites (N-methyl/N-ethyl adjacent to an activating group) is 1. The summed E-state index contributed by atoms with van der Waals surface area (Å²) in [5.74, 6) is 2.84. The van der Waals surface area contributed by atoms with E-state index < -0.39 is 0 Å². The lowest BCUT2D eigenvalue weighted by Crippen LogP contribution is -2.47. The number of hydrogen-bond donors (Lipinski definition) is 1. The van der Waals surface area contributed by atoms with E-state index >= 15 is 0 Å². The molecule has 1 N–H and O–H groups in total. The third-order valence-corrected chi connectivity index (χ3v) is 7.07. The van der Waals surface area contributed by atoms with Gasteiger partial charge >= 0.3 is 0 Å². The van der Waals surface area contributed by atoms with Crippen LogP contribution in [0, 0.1) is 23.2 Å². The highest BCUT2D eigenvalue weighted by molar-refractivity contribution is 5.88. The highest BCUT2D eigenvalue weighted by Gasteiger charge is 2.51. The number of carbonyl (C=O) groups is 1. The zero-order chi connectivity index (χ0) is 16.7. The van der Waals surface area contributed by atoms with Gasteiger partial charge in [-0.3, -0.25) is 4.79 Å². The molecule has 0 aromatic heterocycles. The summed E-state index contributed by atoms with van der Waals surface area (Å²) in [6, 6.07) is 0. The first kappa shape index (κ1) is 16.6. The van der Waals surface area contributed by atoms with Crippen LogP contribution in [-0.4, -0.2) is 50.2 Å². The van der Waals surface area contributed by atoms with Crippen molar-refractivity contribution in [2.24, 2.45) is 23.2 Å². The van der Waals surface area contributed by atoms with E-state index in [4.69, 9.17) is 4.74 Å². The molecule has 1 amide bonds. The van der Waals surface area contributed by atoms with E-state index in [-0.39, 0.29) is 12.0 Å². The van der Waals surface area contributed by atoms with Gasteiger partial charge in [-0.15, -0.1) is 0 Å². The van der Waals surface area contributed by atoms with Crippen LogP contribution in [0.15, 0.2) is 11.6 Å². The van der Waals surface area contributed by atoms with Gasteiger partial charge in [0.2, 0.25) is 5.91 Å². The van der Waals surface area contributed by atoms with Crippen molar-refractivity contribution < 1.29 is 9.53 Å². The molecule has 1 saturated heterocycles. The minimum absolute atomic E-state index is 0.0695. The maximum absolute atomic E-state index is 12.4. The number of allylic oxidation sites excluding steroid dienone is 1. The third kappa shape index (κ3) is 3.28. The maximum Gasteiger partial charge on any atom is 0.244 e. The van der Waals surface area contributed by atoms with Crippen LogP contribution in [0.3, 0.4) is 0 Å². The summed E-state index contributed by atoms with van der Waals surface area (Å²) in [6.07, 6.45) is 10.4. The van der Waals surface area contributed by atoms with Gasteiger partial charge < -0.3 is 15.0 Å². The van der Waals surface area contributed by atoms with Crippen molar-refractivity contribution in [3.05, 3.63) is 11.6 Å². The van der Waals surface area contributed by atoms with Gasteiger partial charge in [0, 0.05) is 25.7 Å². The zero-order valence-electron chi connectivity index (χ0n) is 15.2. The Labute approximate surface area is 146 Å². The average Bonchev–Trinajstić information content (AvgIpc) is 2.52. The van der Waals surface area contributed by atoms with E-state index in [1.54, 1.807) is 0 Å². The first-order chi connectivity index (χ1) is 11.5. The van der Waals surface area contributed by atoms with E-state index in [0.29, 0.717) is 12.0 Å². The molecule has 1 aliphatic heterocycles. The van der Waals surface area contributed by atoms with E-state index in [1.165, 1.54) is 44.1 Å². The Morgan fingerprint density at radius 3 is 2.42 bits per heavy atom. The van der Waals surface area contributed by atoms with Crippen molar-refractivity contribution in [1.82, 2.24) is 10.2 Å². The number of rotatable bonds is 4. The molecule has 5 aliphatic rings. The molecule has 0 aromatic rings. The summed E-state index contributed by atoms with van der Waals surface area (Å²) < 4.78 is 5.73. The molecular weight excluding hydrogens is 300 g/mol. The Balaban J connectivity index is 1.35. The second-order valence-electron chi connectivity index (χ2n) is 9.03. The molecule has 24 heavy (non-hydrogen) atoms. The minimum atomic E-state index is 0.0695. The fourth-order valence-corrected chi connectivity index (χ4v) is 6.20. The van der Waals surface area contributed by atoms with Crippen LogP contribution in [-0.2, 0) is 9.53 Å². The van der Waals surface area contributed by atoms with Crippen LogP contribution in [0.2, 0.25) is 0 Å². The molecule has 0 radical (unpaired) electrons. The number of carbonyl (C=O) groups excluding carboxylic acids is 1. The Kier molecular flexibility index (Phi) is 4.46. The highest BCUT2D eigenvalue weighted by Crippen LogP contribution is 2.62. The lowest BCUT2D eigenvalue weighted by Gasteiger charge is -2.57. The Hall–Kier alpha value is -0.870. The average molecular weight is 332 g/mol. The SMILES string of the molecule is C/C(=C\C(=O)NC[C@H]1CN(C)CCO1)C12CC3CC(CC(C3)C1)C2. The van der Waals surface area contributed by atoms with Crippen molar-refractivity contribution in [3.8, 4) is 0 Å². The van der Waals surface area contributed by atoms with Gasteiger partial charge in [0.05, 0.1) is 12.7 Å². The summed E-state index contributed by atoms with van der Waals surface area (Å²) in [7, 11) is 2.11. The first-order valence-electron chi connectivity index (χ1n) is 9.79. The molecule has 5 fully saturated rings. The monoisotopic (exact) mass is 332 g/mol. The van der Waals surface area contributed by atoms with Crippen molar-refractivity contribution in [2.75, 3.05) is 33.3 Å². The molecular formula is C20H32N2O2. The Morgan fingerprint density at radius 2 is 1.83 bits per heavy atom. The van der Waals surface area contributed by atoms with Crippen molar-refractivity contribution in [1.29, 1.82) is 0 Å². The first-order valence-corrected chi connectivity index (χ1v) is 9.79. The lowest BCUT2D eigenvalue weighted by molar-refractivity contribution is -0.117. The van der Waals surface area contributed by atoms with E-state index in [2.05, 4.69) is 24.2 Å².